The van der Waals surface area contributed by atoms with Crippen LogP contribution in [-0.2, 0) is 19.4 Å². The molecule has 0 aliphatic carbocycles. The third kappa shape index (κ3) is 4.58. The number of halogens is 1. The fraction of sp³-hybridized carbons (Fsp3) is 0.227. The molecule has 1 aliphatic heterocycles. The second-order valence-corrected chi connectivity index (χ2v) is 8.60. The molecule has 10 nitrogen and oxygen atoms in total. The molecule has 4 aromatic rings. The lowest BCUT2D eigenvalue weighted by Gasteiger charge is -2.26. The molecule has 0 unspecified atom stereocenters. The minimum Gasteiger partial charge on any atom is -0.389 e. The van der Waals surface area contributed by atoms with Crippen LogP contribution in [0.1, 0.15) is 27.2 Å². The number of amides is 2. The smallest absolute Gasteiger partial charge is 0.389 e. The lowest BCUT2D eigenvalue weighted by molar-refractivity contribution is 0.0732. The average molecular weight is 510 g/mol. The summed E-state index contributed by atoms with van der Waals surface area (Å²) in [5.74, 6) is 0.149. The molecule has 0 radical (unpaired) electrons. The van der Waals surface area contributed by atoms with Gasteiger partial charge in [0.2, 0.25) is 5.88 Å². The number of hydrogen-bond acceptors (Lipinski definition) is 6. The fourth-order valence-corrected chi connectivity index (χ4v) is 4.05. The molecule has 0 bridgehead atoms. The van der Waals surface area contributed by atoms with E-state index in [1.807, 2.05) is 24.3 Å². The monoisotopic (exact) mass is 509 g/mol. The van der Waals surface area contributed by atoms with Gasteiger partial charge >= 0.3 is 6.09 Å². The van der Waals surface area contributed by atoms with Crippen LogP contribution < -0.4 is 10.1 Å². The molecule has 1 aliphatic rings. The first kappa shape index (κ1) is 21.1. The molecule has 2 aromatic carbocycles. The third-order valence-corrected chi connectivity index (χ3v) is 6.06. The molecule has 0 fully saturated rings. The van der Waals surface area contributed by atoms with E-state index in [0.29, 0.717) is 49.1 Å². The van der Waals surface area contributed by atoms with E-state index in [1.54, 1.807) is 23.1 Å². The Morgan fingerprint density at radius 2 is 1.91 bits per heavy atom. The number of H-pyrrole nitrogens is 2. The number of nitrogens with one attached hydrogen (secondary N) is 3. The highest BCUT2D eigenvalue weighted by molar-refractivity contribution is 9.10. The number of rotatable bonds is 5. The molecule has 2 amide bonds. The summed E-state index contributed by atoms with van der Waals surface area (Å²) in [5.41, 5.74) is 4.58. The summed E-state index contributed by atoms with van der Waals surface area (Å²) in [6.07, 6.45) is 0.671. The number of aromatic nitrogens is 5. The Labute approximate surface area is 196 Å². The number of carbonyl (C=O) groups is 2. The van der Waals surface area contributed by atoms with Crippen LogP contribution in [0.2, 0.25) is 0 Å². The Kier molecular flexibility index (Phi) is 5.78. The standard InChI is InChI=1S/C22H20BrN7O3/c23-15-4-1-13(2-5-15)7-9-24-22(32)33-20-16-8-10-30(12-19(16)25-28-20)21(31)14-3-6-17-18(11-14)27-29-26-17/h1-6,11H,7-10,12H2,(H,24,32)(H,25,28)(H,26,27,29). The molecule has 3 heterocycles. The third-order valence-electron chi connectivity index (χ3n) is 5.53. The molecule has 168 valence electrons. The van der Waals surface area contributed by atoms with Gasteiger partial charge in [-0.2, -0.15) is 15.4 Å². The number of nitrogens with zero attached hydrogens (tertiary/aromatic N) is 4. The van der Waals surface area contributed by atoms with E-state index in [2.05, 4.69) is 46.9 Å². The van der Waals surface area contributed by atoms with E-state index in [-0.39, 0.29) is 11.8 Å². The first-order chi connectivity index (χ1) is 16.1. The molecule has 5 rings (SSSR count). The number of hydrogen-bond donors (Lipinski definition) is 3. The van der Waals surface area contributed by atoms with E-state index < -0.39 is 6.09 Å². The summed E-state index contributed by atoms with van der Waals surface area (Å²) in [6.45, 7) is 1.29. The van der Waals surface area contributed by atoms with Crippen molar-refractivity contribution in [2.45, 2.75) is 19.4 Å². The van der Waals surface area contributed by atoms with Gasteiger partial charge in [-0.15, -0.1) is 5.10 Å². The maximum absolute atomic E-state index is 12.9. The summed E-state index contributed by atoms with van der Waals surface area (Å²) in [5, 5.41) is 20.4. The van der Waals surface area contributed by atoms with E-state index in [9.17, 15) is 9.59 Å². The summed E-state index contributed by atoms with van der Waals surface area (Å²) >= 11 is 3.40. The van der Waals surface area contributed by atoms with Crippen molar-refractivity contribution in [1.29, 1.82) is 0 Å². The van der Waals surface area contributed by atoms with Crippen LogP contribution in [0.15, 0.2) is 46.9 Å². The zero-order chi connectivity index (χ0) is 22.8. The van der Waals surface area contributed by atoms with Gasteiger partial charge in [-0.25, -0.2) is 4.79 Å². The van der Waals surface area contributed by atoms with E-state index in [0.717, 1.165) is 21.3 Å². The normalized spacial score (nSPS) is 13.1. The van der Waals surface area contributed by atoms with Crippen molar-refractivity contribution >= 4 is 39.0 Å². The molecular weight excluding hydrogens is 490 g/mol. The van der Waals surface area contributed by atoms with Crippen LogP contribution in [-0.4, -0.2) is 55.6 Å². The molecule has 33 heavy (non-hydrogen) atoms. The van der Waals surface area contributed by atoms with Crippen LogP contribution in [0.4, 0.5) is 4.79 Å². The van der Waals surface area contributed by atoms with E-state index in [4.69, 9.17) is 4.74 Å². The maximum atomic E-state index is 12.9. The van der Waals surface area contributed by atoms with Crippen molar-refractivity contribution in [3.8, 4) is 5.88 Å². The van der Waals surface area contributed by atoms with Gasteiger partial charge < -0.3 is 15.0 Å². The average Bonchev–Trinajstić information content (AvgIpc) is 3.46. The van der Waals surface area contributed by atoms with Gasteiger partial charge in [0, 0.05) is 28.7 Å². The Balaban J connectivity index is 1.17. The number of aromatic amines is 2. The van der Waals surface area contributed by atoms with Crippen molar-refractivity contribution in [2.24, 2.45) is 0 Å². The summed E-state index contributed by atoms with van der Waals surface area (Å²) in [6, 6.07) is 13.1. The lowest BCUT2D eigenvalue weighted by atomic mass is 10.1. The number of carbonyl (C=O) groups excluding carboxylic acids is 2. The van der Waals surface area contributed by atoms with Gasteiger partial charge in [-0.3, -0.25) is 9.89 Å². The Hall–Kier alpha value is -3.73. The molecule has 0 spiro atoms. The first-order valence-electron chi connectivity index (χ1n) is 10.4. The largest absolute Gasteiger partial charge is 0.414 e. The lowest BCUT2D eigenvalue weighted by Crippen LogP contribution is -2.36. The van der Waals surface area contributed by atoms with Gasteiger partial charge in [0.1, 0.15) is 11.0 Å². The quantitative estimate of drug-likeness (QED) is 0.379. The zero-order valence-electron chi connectivity index (χ0n) is 17.5. The second-order valence-electron chi connectivity index (χ2n) is 7.68. The van der Waals surface area contributed by atoms with E-state index >= 15 is 0 Å². The van der Waals surface area contributed by atoms with Crippen LogP contribution in [0, 0.1) is 0 Å². The SMILES string of the molecule is O=C(NCCc1ccc(Br)cc1)Oc1n[nH]c2c1CCN(C(=O)c1ccc3n[nH]nc3c1)C2. The zero-order valence-corrected chi connectivity index (χ0v) is 19.1. The van der Waals surface area contributed by atoms with Gasteiger partial charge in [0.25, 0.3) is 5.91 Å². The number of ether oxygens (including phenoxy) is 1. The van der Waals surface area contributed by atoms with Crippen LogP contribution >= 0.6 is 15.9 Å². The van der Waals surface area contributed by atoms with Gasteiger partial charge in [-0.05, 0) is 48.7 Å². The highest BCUT2D eigenvalue weighted by Crippen LogP contribution is 2.26. The highest BCUT2D eigenvalue weighted by Gasteiger charge is 2.27. The van der Waals surface area contributed by atoms with Gasteiger partial charge in [0.15, 0.2) is 0 Å². The predicted octanol–water partition coefficient (Wildman–Crippen LogP) is 2.97. The number of benzene rings is 2. The molecule has 0 atom stereocenters. The van der Waals surface area contributed by atoms with Crippen molar-refractivity contribution in [3.05, 3.63) is 69.3 Å². The van der Waals surface area contributed by atoms with E-state index in [1.165, 1.54) is 0 Å². The number of fused-ring (bicyclic) bond motifs is 2. The molecule has 2 aromatic heterocycles. The summed E-state index contributed by atoms with van der Waals surface area (Å²) in [7, 11) is 0. The second kappa shape index (κ2) is 9.02. The highest BCUT2D eigenvalue weighted by atomic mass is 79.9. The minimum atomic E-state index is -0.555. The molecule has 0 saturated carbocycles. The van der Waals surface area contributed by atoms with Crippen molar-refractivity contribution in [3.63, 3.8) is 0 Å². The maximum Gasteiger partial charge on any atom is 0.414 e. The fourth-order valence-electron chi connectivity index (χ4n) is 3.79. The predicted molar refractivity (Wildman–Crippen MR) is 123 cm³/mol. The van der Waals surface area contributed by atoms with Crippen LogP contribution in [0.3, 0.4) is 0 Å². The van der Waals surface area contributed by atoms with Crippen LogP contribution in [0.25, 0.3) is 11.0 Å². The minimum absolute atomic E-state index is 0.103. The van der Waals surface area contributed by atoms with Gasteiger partial charge in [-0.1, -0.05) is 28.1 Å². The molecule has 11 heteroatoms. The van der Waals surface area contributed by atoms with Crippen molar-refractivity contribution in [1.82, 2.24) is 35.8 Å². The summed E-state index contributed by atoms with van der Waals surface area (Å²) < 4.78 is 6.42. The Morgan fingerprint density at radius 1 is 1.09 bits per heavy atom. The Morgan fingerprint density at radius 3 is 2.76 bits per heavy atom. The molecular formula is C22H20BrN7O3. The Bertz CT molecular complexity index is 1320. The van der Waals surface area contributed by atoms with Crippen molar-refractivity contribution < 1.29 is 14.3 Å². The van der Waals surface area contributed by atoms with Crippen molar-refractivity contribution in [2.75, 3.05) is 13.1 Å². The first-order valence-corrected chi connectivity index (χ1v) is 11.2. The van der Waals surface area contributed by atoms with Gasteiger partial charge in [0.05, 0.1) is 12.2 Å². The summed E-state index contributed by atoms with van der Waals surface area (Å²) in [4.78, 5) is 26.9. The topological polar surface area (TPSA) is 129 Å². The molecule has 3 N–H and O–H groups in total. The molecule has 0 saturated heterocycles. The van der Waals surface area contributed by atoms with Crippen LogP contribution in [0.5, 0.6) is 5.88 Å².